The van der Waals surface area contributed by atoms with Gasteiger partial charge in [0.05, 0.1) is 5.71 Å². The third-order valence-corrected chi connectivity index (χ3v) is 3.48. The van der Waals surface area contributed by atoms with Crippen LogP contribution >= 0.6 is 0 Å². The van der Waals surface area contributed by atoms with Crippen LogP contribution in [0.4, 0.5) is 0 Å². The number of benzene rings is 2. The molecule has 0 spiro atoms. The van der Waals surface area contributed by atoms with Crippen LogP contribution in [0.1, 0.15) is 36.6 Å². The van der Waals surface area contributed by atoms with Crippen molar-refractivity contribution in [1.82, 2.24) is 5.43 Å². The third-order valence-electron chi connectivity index (χ3n) is 3.48. The molecule has 2 aromatic carbocycles. The van der Waals surface area contributed by atoms with E-state index in [1.54, 1.807) is 24.3 Å². The Kier molecular flexibility index (Phi) is 5.44. The first-order valence-corrected chi connectivity index (χ1v) is 7.28. The second-order valence-electron chi connectivity index (χ2n) is 5.04. The van der Waals surface area contributed by atoms with Gasteiger partial charge in [-0.25, -0.2) is 5.43 Å². The Labute approximate surface area is 130 Å². The summed E-state index contributed by atoms with van der Waals surface area (Å²) in [4.78, 5) is 11.9. The highest BCUT2D eigenvalue weighted by Crippen LogP contribution is 2.12. The van der Waals surface area contributed by atoms with Crippen LogP contribution in [0.3, 0.4) is 0 Å². The molecule has 2 rings (SSSR count). The van der Waals surface area contributed by atoms with E-state index in [1.807, 2.05) is 37.3 Å². The lowest BCUT2D eigenvalue weighted by Gasteiger charge is -2.09. The number of nitrogens with zero attached hydrogens (tertiary/aromatic N) is 1. The van der Waals surface area contributed by atoms with Gasteiger partial charge in [-0.15, -0.1) is 0 Å². The maximum Gasteiger partial charge on any atom is 0.273 e. The van der Waals surface area contributed by atoms with Crippen molar-refractivity contribution in [2.24, 2.45) is 5.10 Å². The van der Waals surface area contributed by atoms with Crippen molar-refractivity contribution in [3.8, 4) is 0 Å². The number of hydrogen-bond donors (Lipinski definition) is 2. The molecule has 4 heteroatoms. The van der Waals surface area contributed by atoms with Gasteiger partial charge >= 0.3 is 0 Å². The van der Waals surface area contributed by atoms with Gasteiger partial charge in [-0.3, -0.25) is 4.79 Å². The molecule has 0 aliphatic carbocycles. The third kappa shape index (κ3) is 4.02. The maximum absolute atomic E-state index is 11.9. The van der Waals surface area contributed by atoms with E-state index in [2.05, 4.69) is 17.5 Å². The first-order valence-electron chi connectivity index (χ1n) is 7.28. The average molecular weight is 296 g/mol. The molecule has 2 N–H and O–H groups in total. The predicted molar refractivity (Wildman–Crippen MR) is 87.6 cm³/mol. The fraction of sp³-hybridized carbons (Fsp3) is 0.222. The van der Waals surface area contributed by atoms with E-state index in [9.17, 15) is 9.90 Å². The van der Waals surface area contributed by atoms with Crippen LogP contribution < -0.4 is 5.43 Å². The normalized spacial score (nSPS) is 12.8. The van der Waals surface area contributed by atoms with Gasteiger partial charge in [-0.1, -0.05) is 61.5 Å². The smallest absolute Gasteiger partial charge is 0.273 e. The predicted octanol–water partition coefficient (Wildman–Crippen LogP) is 2.82. The van der Waals surface area contributed by atoms with E-state index in [1.165, 1.54) is 5.56 Å². The summed E-state index contributed by atoms with van der Waals surface area (Å²) < 4.78 is 0. The van der Waals surface area contributed by atoms with Crippen molar-refractivity contribution in [3.05, 3.63) is 71.3 Å². The molecule has 2 aromatic rings. The van der Waals surface area contributed by atoms with Gasteiger partial charge in [-0.05, 0) is 30.0 Å². The first-order chi connectivity index (χ1) is 10.6. The number of nitrogens with one attached hydrogen (secondary N) is 1. The molecule has 0 saturated heterocycles. The molecule has 0 bridgehead atoms. The van der Waals surface area contributed by atoms with Crippen LogP contribution in [0.25, 0.3) is 0 Å². The van der Waals surface area contributed by atoms with Gasteiger partial charge in [0.25, 0.3) is 5.91 Å². The zero-order valence-electron chi connectivity index (χ0n) is 12.8. The van der Waals surface area contributed by atoms with Gasteiger partial charge in [0, 0.05) is 0 Å². The van der Waals surface area contributed by atoms with E-state index in [0.29, 0.717) is 11.3 Å². The van der Waals surface area contributed by atoms with Crippen LogP contribution in [0.15, 0.2) is 59.7 Å². The number of amides is 1. The summed E-state index contributed by atoms with van der Waals surface area (Å²) in [7, 11) is 0. The van der Waals surface area contributed by atoms with Crippen LogP contribution in [0.5, 0.6) is 0 Å². The lowest BCUT2D eigenvalue weighted by molar-refractivity contribution is -0.129. The summed E-state index contributed by atoms with van der Waals surface area (Å²) in [5.41, 5.74) is 5.83. The van der Waals surface area contributed by atoms with E-state index < -0.39 is 12.0 Å². The van der Waals surface area contributed by atoms with Crippen molar-refractivity contribution < 1.29 is 9.90 Å². The fourth-order valence-electron chi connectivity index (χ4n) is 2.03. The SMILES string of the molecule is CCc1ccc(C(C)=NNC(=O)[C@@H](O)c2ccccc2)cc1. The summed E-state index contributed by atoms with van der Waals surface area (Å²) in [5, 5.41) is 14.0. The molecule has 4 nitrogen and oxygen atoms in total. The highest BCUT2D eigenvalue weighted by Gasteiger charge is 2.16. The van der Waals surface area contributed by atoms with E-state index in [-0.39, 0.29) is 0 Å². The minimum Gasteiger partial charge on any atom is -0.378 e. The average Bonchev–Trinajstić information content (AvgIpc) is 2.59. The minimum absolute atomic E-state index is 0.542. The maximum atomic E-state index is 11.9. The number of aryl methyl sites for hydroxylation is 1. The van der Waals surface area contributed by atoms with Gasteiger partial charge in [0.1, 0.15) is 0 Å². The highest BCUT2D eigenvalue weighted by atomic mass is 16.3. The lowest BCUT2D eigenvalue weighted by atomic mass is 10.1. The Morgan fingerprint density at radius 1 is 1.14 bits per heavy atom. The Hall–Kier alpha value is -2.46. The zero-order valence-corrected chi connectivity index (χ0v) is 12.8. The number of carbonyl (C=O) groups excluding carboxylic acids is 1. The summed E-state index contributed by atoms with van der Waals surface area (Å²) in [5.74, 6) is -0.546. The molecule has 1 amide bonds. The molecule has 0 radical (unpaired) electrons. The van der Waals surface area contributed by atoms with Crippen molar-refractivity contribution in [2.45, 2.75) is 26.4 Å². The van der Waals surface area contributed by atoms with Crippen LogP contribution in [0, 0.1) is 0 Å². The Morgan fingerprint density at radius 3 is 2.36 bits per heavy atom. The van der Waals surface area contributed by atoms with Crippen LogP contribution in [0.2, 0.25) is 0 Å². The van der Waals surface area contributed by atoms with Crippen LogP contribution in [-0.4, -0.2) is 16.7 Å². The summed E-state index contributed by atoms with van der Waals surface area (Å²) in [6.45, 7) is 3.91. The number of hydrazone groups is 1. The Morgan fingerprint density at radius 2 is 1.77 bits per heavy atom. The van der Waals surface area contributed by atoms with Crippen molar-refractivity contribution in [1.29, 1.82) is 0 Å². The molecule has 1 atom stereocenters. The largest absolute Gasteiger partial charge is 0.378 e. The Balaban J connectivity index is 2.02. The molecule has 0 aliphatic rings. The standard InChI is InChI=1S/C18H20N2O2/c1-3-14-9-11-15(12-10-14)13(2)19-20-18(22)17(21)16-7-5-4-6-8-16/h4-12,17,21H,3H2,1-2H3,(H,20,22)/t17-/m0/s1. The van der Waals surface area contributed by atoms with E-state index in [0.717, 1.165) is 12.0 Å². The number of aliphatic hydroxyl groups excluding tert-OH is 1. The quantitative estimate of drug-likeness (QED) is 0.658. The fourth-order valence-corrected chi connectivity index (χ4v) is 2.03. The molecular formula is C18H20N2O2. The molecule has 22 heavy (non-hydrogen) atoms. The second kappa shape index (κ2) is 7.52. The summed E-state index contributed by atoms with van der Waals surface area (Å²) in [6.07, 6.45) is -0.239. The van der Waals surface area contributed by atoms with Crippen molar-refractivity contribution >= 4 is 11.6 Å². The molecule has 0 fully saturated rings. The molecule has 0 aliphatic heterocycles. The Bertz CT molecular complexity index is 649. The summed E-state index contributed by atoms with van der Waals surface area (Å²) >= 11 is 0. The number of hydrogen-bond acceptors (Lipinski definition) is 3. The molecule has 0 aromatic heterocycles. The second-order valence-corrected chi connectivity index (χ2v) is 5.04. The summed E-state index contributed by atoms with van der Waals surface area (Å²) in [6, 6.07) is 16.8. The van der Waals surface area contributed by atoms with Gasteiger partial charge in [0.15, 0.2) is 6.10 Å². The van der Waals surface area contributed by atoms with E-state index >= 15 is 0 Å². The number of aliphatic hydroxyl groups is 1. The first kappa shape index (κ1) is 15.9. The highest BCUT2D eigenvalue weighted by molar-refractivity contribution is 5.99. The molecular weight excluding hydrogens is 276 g/mol. The van der Waals surface area contributed by atoms with Crippen molar-refractivity contribution in [2.75, 3.05) is 0 Å². The lowest BCUT2D eigenvalue weighted by Crippen LogP contribution is -2.26. The topological polar surface area (TPSA) is 61.7 Å². The zero-order chi connectivity index (χ0) is 15.9. The van der Waals surface area contributed by atoms with E-state index in [4.69, 9.17) is 0 Å². The van der Waals surface area contributed by atoms with Gasteiger partial charge < -0.3 is 5.11 Å². The van der Waals surface area contributed by atoms with Crippen molar-refractivity contribution in [3.63, 3.8) is 0 Å². The van der Waals surface area contributed by atoms with Gasteiger partial charge in [-0.2, -0.15) is 5.10 Å². The molecule has 0 heterocycles. The minimum atomic E-state index is -1.22. The monoisotopic (exact) mass is 296 g/mol. The number of carbonyl (C=O) groups is 1. The van der Waals surface area contributed by atoms with Gasteiger partial charge in [0.2, 0.25) is 0 Å². The molecule has 0 saturated carbocycles. The van der Waals surface area contributed by atoms with Crippen LogP contribution in [-0.2, 0) is 11.2 Å². The number of rotatable bonds is 5. The molecule has 114 valence electrons. The molecule has 0 unspecified atom stereocenters.